The number of aliphatic carboxylic acids is 1. The molecule has 0 atom stereocenters. The Morgan fingerprint density at radius 3 is 1.92 bits per heavy atom. The molecule has 5 N–H and O–H groups in total. The van der Waals surface area contributed by atoms with Crippen molar-refractivity contribution in [3.05, 3.63) is 0 Å². The Hall–Kier alpha value is -0.460. The molecule has 12 heavy (non-hydrogen) atoms. The maximum Gasteiger partial charge on any atom is 0.371 e. The van der Waals surface area contributed by atoms with Crippen molar-refractivity contribution in [2.24, 2.45) is 0 Å². The van der Waals surface area contributed by atoms with E-state index in [4.69, 9.17) is 14.9 Å². The average molecular weight is 196 g/mol. The molecule has 1 saturated heterocycles. The molecule has 1 rings (SSSR count). The molecule has 0 aromatic heterocycles. The first-order chi connectivity index (χ1) is 5.40. The molecule has 1 heterocycles. The summed E-state index contributed by atoms with van der Waals surface area (Å²) < 4.78 is 10.8. The van der Waals surface area contributed by atoms with E-state index >= 15 is 0 Å². The van der Waals surface area contributed by atoms with E-state index in [0.717, 1.165) is 0 Å². The van der Waals surface area contributed by atoms with Crippen molar-refractivity contribution in [2.45, 2.75) is 5.40 Å². The minimum Gasteiger partial charge on any atom is -0.478 e. The van der Waals surface area contributed by atoms with Gasteiger partial charge >= 0.3 is 13.6 Å². The molecule has 0 aliphatic carbocycles. The number of hydrogen-bond donors (Lipinski definition) is 5. The van der Waals surface area contributed by atoms with Gasteiger partial charge in [0.1, 0.15) is 0 Å². The number of nitrogens with one attached hydrogen (secondary N) is 2. The van der Waals surface area contributed by atoms with Gasteiger partial charge in [-0.3, -0.25) is 15.2 Å². The Bertz CT molecular complexity index is 242. The van der Waals surface area contributed by atoms with Crippen molar-refractivity contribution in [3.63, 3.8) is 0 Å². The van der Waals surface area contributed by atoms with Gasteiger partial charge in [0.15, 0.2) is 0 Å². The molecule has 7 nitrogen and oxygen atoms in total. The second-order valence-corrected chi connectivity index (χ2v) is 4.17. The fourth-order valence-corrected chi connectivity index (χ4v) is 1.92. The maximum absolute atomic E-state index is 10.8. The molecule has 0 spiro atoms. The summed E-state index contributed by atoms with van der Waals surface area (Å²) in [6.07, 6.45) is 0. The minimum atomic E-state index is -4.72. The third-order valence-electron chi connectivity index (χ3n) is 1.63. The lowest BCUT2D eigenvalue weighted by atomic mass is 10.5. The van der Waals surface area contributed by atoms with E-state index in [2.05, 4.69) is 10.6 Å². The number of hydrogen-bond acceptors (Lipinski definition) is 4. The molecule has 1 aliphatic heterocycles. The molecular formula is C4H9N2O5P. The maximum atomic E-state index is 10.8. The zero-order chi connectivity index (χ0) is 9.41. The zero-order valence-corrected chi connectivity index (χ0v) is 6.91. The van der Waals surface area contributed by atoms with Crippen molar-refractivity contribution < 1.29 is 24.3 Å². The van der Waals surface area contributed by atoms with Gasteiger partial charge < -0.3 is 14.9 Å². The predicted octanol–water partition coefficient (Wildman–Crippen LogP) is -1.90. The van der Waals surface area contributed by atoms with Gasteiger partial charge in [0.25, 0.3) is 5.40 Å². The van der Waals surface area contributed by atoms with Crippen molar-refractivity contribution in [3.8, 4) is 0 Å². The molecule has 70 valence electrons. The van der Waals surface area contributed by atoms with Crippen molar-refractivity contribution in [1.82, 2.24) is 10.6 Å². The highest BCUT2D eigenvalue weighted by atomic mass is 31.2. The monoisotopic (exact) mass is 196 g/mol. The summed E-state index contributed by atoms with van der Waals surface area (Å²) in [7, 11) is -4.72. The van der Waals surface area contributed by atoms with E-state index in [1.807, 2.05) is 0 Å². The summed E-state index contributed by atoms with van der Waals surface area (Å²) in [4.78, 5) is 28.0. The van der Waals surface area contributed by atoms with Crippen molar-refractivity contribution in [1.29, 1.82) is 0 Å². The lowest BCUT2D eigenvalue weighted by Crippen LogP contribution is -2.55. The Morgan fingerprint density at radius 2 is 1.75 bits per heavy atom. The largest absolute Gasteiger partial charge is 0.478 e. The molecule has 0 bridgehead atoms. The molecule has 1 aliphatic rings. The van der Waals surface area contributed by atoms with Crippen LogP contribution in [0.3, 0.4) is 0 Å². The quantitative estimate of drug-likeness (QED) is 0.327. The first kappa shape index (κ1) is 9.63. The topological polar surface area (TPSA) is 119 Å². The first-order valence-corrected chi connectivity index (χ1v) is 4.80. The molecule has 0 aromatic rings. The van der Waals surface area contributed by atoms with Gasteiger partial charge in [0.2, 0.25) is 0 Å². The van der Waals surface area contributed by atoms with Crippen molar-refractivity contribution in [2.75, 3.05) is 13.1 Å². The molecule has 1 fully saturated rings. The molecule has 0 aromatic carbocycles. The van der Waals surface area contributed by atoms with Crippen LogP contribution in [0.25, 0.3) is 0 Å². The number of rotatable bonds is 2. The third-order valence-corrected chi connectivity index (χ3v) is 3.01. The fourth-order valence-electron chi connectivity index (χ4n) is 1.03. The molecule has 0 saturated carbocycles. The van der Waals surface area contributed by atoms with E-state index < -0.39 is 19.0 Å². The Morgan fingerprint density at radius 1 is 1.33 bits per heavy atom. The van der Waals surface area contributed by atoms with Crippen LogP contribution in [0.1, 0.15) is 0 Å². The SMILES string of the molecule is O=C(O)C1(P(=O)(O)O)NCCN1. The van der Waals surface area contributed by atoms with Crippen LogP contribution in [-0.4, -0.2) is 39.4 Å². The lowest BCUT2D eigenvalue weighted by molar-refractivity contribution is -0.142. The first-order valence-electron chi connectivity index (χ1n) is 3.19. The van der Waals surface area contributed by atoms with Gasteiger partial charge in [-0.25, -0.2) is 4.79 Å². The van der Waals surface area contributed by atoms with Gasteiger partial charge in [0.05, 0.1) is 0 Å². The number of carboxylic acids is 1. The lowest BCUT2D eigenvalue weighted by Gasteiger charge is -2.25. The minimum absolute atomic E-state index is 0.220. The van der Waals surface area contributed by atoms with Crippen LogP contribution < -0.4 is 10.6 Å². The highest BCUT2D eigenvalue weighted by Gasteiger charge is 2.55. The number of carbonyl (C=O) groups is 1. The predicted molar refractivity (Wildman–Crippen MR) is 38.4 cm³/mol. The fraction of sp³-hybridized carbons (Fsp3) is 0.750. The summed E-state index contributed by atoms with van der Waals surface area (Å²) in [5, 5.41) is 10.8. The standard InChI is InChI=1S/C4H9N2O5P/c7-3(8)4(12(9,10)11)5-1-2-6-4/h5-6H,1-2H2,(H,7,8)(H2,9,10,11). The van der Waals surface area contributed by atoms with Crippen LogP contribution in [0.15, 0.2) is 0 Å². The summed E-state index contributed by atoms with van der Waals surface area (Å²) in [5.41, 5.74) is 0. The van der Waals surface area contributed by atoms with E-state index in [0.29, 0.717) is 0 Å². The Kier molecular flexibility index (Phi) is 2.24. The molecule has 8 heteroatoms. The van der Waals surface area contributed by atoms with Crippen molar-refractivity contribution >= 4 is 13.6 Å². The second kappa shape index (κ2) is 2.79. The van der Waals surface area contributed by atoms with E-state index in [1.165, 1.54) is 0 Å². The van der Waals surface area contributed by atoms with Crippen LogP contribution in [0, 0.1) is 0 Å². The highest BCUT2D eigenvalue weighted by Crippen LogP contribution is 2.48. The summed E-state index contributed by atoms with van der Waals surface area (Å²) in [6, 6.07) is 0. The highest BCUT2D eigenvalue weighted by molar-refractivity contribution is 7.54. The zero-order valence-electron chi connectivity index (χ0n) is 6.02. The van der Waals surface area contributed by atoms with Gasteiger partial charge in [-0.1, -0.05) is 0 Å². The van der Waals surface area contributed by atoms with Crippen LogP contribution in [0.5, 0.6) is 0 Å². The Balaban J connectivity index is 3.03. The van der Waals surface area contributed by atoms with Gasteiger partial charge in [0, 0.05) is 13.1 Å². The molecular weight excluding hydrogens is 187 g/mol. The van der Waals surface area contributed by atoms with E-state index in [-0.39, 0.29) is 13.1 Å². The molecule has 0 amide bonds. The Labute approximate surface area is 67.9 Å². The van der Waals surface area contributed by atoms with E-state index in [1.54, 1.807) is 0 Å². The van der Waals surface area contributed by atoms with Crippen LogP contribution in [0.4, 0.5) is 0 Å². The summed E-state index contributed by atoms with van der Waals surface area (Å²) >= 11 is 0. The smallest absolute Gasteiger partial charge is 0.371 e. The van der Waals surface area contributed by atoms with E-state index in [9.17, 15) is 9.36 Å². The van der Waals surface area contributed by atoms with Crippen LogP contribution in [-0.2, 0) is 9.36 Å². The molecule has 0 radical (unpaired) electrons. The van der Waals surface area contributed by atoms with Gasteiger partial charge in [-0.15, -0.1) is 0 Å². The van der Waals surface area contributed by atoms with Crippen LogP contribution in [0.2, 0.25) is 0 Å². The summed E-state index contributed by atoms with van der Waals surface area (Å²) in [6.45, 7) is 0.439. The molecule has 0 unspecified atom stereocenters. The average Bonchev–Trinajstić information content (AvgIpc) is 2.31. The van der Waals surface area contributed by atoms with Crippen LogP contribution >= 0.6 is 7.60 Å². The second-order valence-electron chi connectivity index (χ2n) is 2.41. The van der Waals surface area contributed by atoms with Gasteiger partial charge in [-0.05, 0) is 0 Å². The van der Waals surface area contributed by atoms with Gasteiger partial charge in [-0.2, -0.15) is 0 Å². The normalized spacial score (nSPS) is 22.5. The third kappa shape index (κ3) is 1.26. The number of carboxylic acid groups (broad SMARTS) is 1. The summed E-state index contributed by atoms with van der Waals surface area (Å²) in [5.74, 6) is -1.59.